The predicted molar refractivity (Wildman–Crippen MR) is 277 cm³/mol. The number of β-lactam (4-membered cyclic amide) rings is 1. The maximum atomic E-state index is 15.0. The second kappa shape index (κ2) is 21.4. The maximum absolute atomic E-state index is 15.0. The lowest BCUT2D eigenvalue weighted by atomic mass is 9.80. The summed E-state index contributed by atoms with van der Waals surface area (Å²) >= 11 is 8.45. The first-order chi connectivity index (χ1) is 34.4. The number of oxime groups is 1. The fourth-order valence-corrected chi connectivity index (χ4v) is 11.8. The summed E-state index contributed by atoms with van der Waals surface area (Å²) in [6, 6.07) is 46.2. The summed E-state index contributed by atoms with van der Waals surface area (Å²) < 4.78 is 26.6. The Morgan fingerprint density at radius 3 is 1.94 bits per heavy atom. The second-order valence-corrected chi connectivity index (χ2v) is 21.0. The standard InChI is InChI=1S/C52H46N8O7S4/c1-51(2,3)66-50(63)56-49-54-39(31-70-49)41(58-67-52(36-23-13-6-14-24-36,37-25-15-7-16-26-37)38-27-17-8-18-28-38)45(61)55-42-46(62)60-43(35(32-71(64)47(42)60)30-69-40-29-53-59-57-40)48(68)65-44(33-19-9-4-10-20-33)34-21-11-5-12-22-34/h4-29,31,42,44,47H,30,32H2,1-3H3,(H,55,61)(H,53,57,59)(H,54,56,63)/b58-41-/t42-,47-,71?/m1/s1. The Bertz CT molecular complexity index is 2960. The molecule has 3 N–H and O–H groups in total. The quantitative estimate of drug-likeness (QED) is 0.0208. The molecule has 15 nitrogen and oxygen atoms in total. The van der Waals surface area contributed by atoms with Gasteiger partial charge in [0.05, 0.1) is 22.7 Å². The van der Waals surface area contributed by atoms with E-state index in [1.54, 1.807) is 27.0 Å². The highest BCUT2D eigenvalue weighted by Crippen LogP contribution is 2.42. The monoisotopic (exact) mass is 1020 g/mol. The number of thiocarbonyl (C=S) groups is 1. The fraction of sp³-hybridized carbons (Fsp3) is 0.192. The molecule has 0 radical (unpaired) electrons. The maximum Gasteiger partial charge on any atom is 0.413 e. The molecule has 5 aromatic carbocycles. The van der Waals surface area contributed by atoms with Gasteiger partial charge < -0.3 is 19.6 Å². The molecular weight excluding hydrogens is 977 g/mol. The summed E-state index contributed by atoms with van der Waals surface area (Å²) in [5.41, 5.74) is 2.12. The van der Waals surface area contributed by atoms with Crippen molar-refractivity contribution < 1.29 is 32.9 Å². The van der Waals surface area contributed by atoms with Crippen molar-refractivity contribution in [3.05, 3.63) is 208 Å². The third-order valence-electron chi connectivity index (χ3n) is 11.3. The van der Waals surface area contributed by atoms with E-state index in [-0.39, 0.29) is 33.1 Å². The zero-order chi connectivity index (χ0) is 49.5. The summed E-state index contributed by atoms with van der Waals surface area (Å²) in [6.07, 6.45) is 0.160. The first-order valence-electron chi connectivity index (χ1n) is 22.3. The normalized spacial score (nSPS) is 17.0. The molecule has 19 heteroatoms. The number of amides is 3. The van der Waals surface area contributed by atoms with Gasteiger partial charge in [-0.1, -0.05) is 169 Å². The van der Waals surface area contributed by atoms with Gasteiger partial charge in [-0.3, -0.25) is 24.0 Å². The molecule has 7 aromatic rings. The molecule has 2 aliphatic heterocycles. The van der Waals surface area contributed by atoms with Crippen molar-refractivity contribution in [1.82, 2.24) is 30.6 Å². The van der Waals surface area contributed by atoms with Gasteiger partial charge in [0.2, 0.25) is 10.7 Å². The number of aromatic nitrogens is 4. The minimum Gasteiger partial charge on any atom is -0.469 e. The summed E-state index contributed by atoms with van der Waals surface area (Å²) in [7, 11) is -1.74. The predicted octanol–water partition coefficient (Wildman–Crippen LogP) is 8.92. The van der Waals surface area contributed by atoms with Crippen LogP contribution in [0, 0.1) is 0 Å². The van der Waals surface area contributed by atoms with Gasteiger partial charge in [-0.05, 0) is 49.7 Å². The second-order valence-electron chi connectivity index (χ2n) is 17.2. The third-order valence-corrected chi connectivity index (χ3v) is 15.0. The Labute approximate surface area is 425 Å². The Kier molecular flexibility index (Phi) is 14.6. The van der Waals surface area contributed by atoms with Crippen molar-refractivity contribution >= 4 is 79.9 Å². The molecule has 1 fully saturated rings. The zero-order valence-corrected chi connectivity index (χ0v) is 41.7. The van der Waals surface area contributed by atoms with E-state index in [4.69, 9.17) is 26.5 Å². The number of nitrogens with one attached hydrogen (secondary N) is 3. The number of ether oxygens (including phenoxy) is 2. The number of anilines is 1. The van der Waals surface area contributed by atoms with Crippen molar-refractivity contribution in [3.63, 3.8) is 0 Å². The minimum absolute atomic E-state index is 0.00935. The molecule has 1 saturated heterocycles. The van der Waals surface area contributed by atoms with E-state index >= 15 is 0 Å². The Morgan fingerprint density at radius 2 is 1.42 bits per heavy atom. The van der Waals surface area contributed by atoms with Gasteiger partial charge in [-0.25, -0.2) is 9.78 Å². The zero-order valence-electron chi connectivity index (χ0n) is 38.5. The molecule has 71 heavy (non-hydrogen) atoms. The van der Waals surface area contributed by atoms with Gasteiger partial charge in [-0.2, -0.15) is 10.3 Å². The number of carbonyl (C=O) groups is 3. The number of aromatic amines is 1. The van der Waals surface area contributed by atoms with Gasteiger partial charge in [0.25, 0.3) is 11.8 Å². The van der Waals surface area contributed by atoms with E-state index in [1.807, 2.05) is 152 Å². The third kappa shape index (κ3) is 10.7. The van der Waals surface area contributed by atoms with Crippen LogP contribution >= 0.6 is 35.3 Å². The number of rotatable bonds is 16. The number of carbonyl (C=O) groups excluding carboxylic acids is 3. The molecule has 0 aliphatic carbocycles. The average Bonchev–Trinajstić information content (AvgIpc) is 4.09. The van der Waals surface area contributed by atoms with Crippen LogP contribution in [0.2, 0.25) is 0 Å². The van der Waals surface area contributed by atoms with Crippen LogP contribution in [0.1, 0.15) is 60.4 Å². The van der Waals surface area contributed by atoms with Gasteiger partial charge in [0, 0.05) is 27.8 Å². The molecule has 0 saturated carbocycles. The average molecular weight is 1020 g/mol. The summed E-state index contributed by atoms with van der Waals surface area (Å²) in [5.74, 6) is -1.16. The molecule has 3 atom stereocenters. The molecule has 1 unspecified atom stereocenters. The van der Waals surface area contributed by atoms with Crippen molar-refractivity contribution in [2.75, 3.05) is 16.8 Å². The van der Waals surface area contributed by atoms with Crippen molar-refractivity contribution in [2.45, 2.75) is 54.5 Å². The molecule has 3 amide bonds. The van der Waals surface area contributed by atoms with E-state index < -0.39 is 57.4 Å². The topological polar surface area (TPSA) is 190 Å². The molecule has 360 valence electrons. The van der Waals surface area contributed by atoms with E-state index in [2.05, 4.69) is 36.2 Å². The lowest BCUT2D eigenvalue weighted by molar-refractivity contribution is -0.144. The van der Waals surface area contributed by atoms with Crippen molar-refractivity contribution in [2.24, 2.45) is 5.16 Å². The SMILES string of the molecule is CC(C)(C)OC(=O)Nc1nc(/C(=N/OC(c2ccccc2)(c2ccccc2)c2ccccc2)C(=O)N[C@@H]2C(=O)N3C(C(=S)OC(c4ccccc4)c4ccccc4)=C(CSc4cn[nH]n4)CS(=O)[C@H]23)cs1. The van der Waals surface area contributed by atoms with Gasteiger partial charge in [0.1, 0.15) is 39.5 Å². The van der Waals surface area contributed by atoms with Crippen LogP contribution in [0.5, 0.6) is 0 Å². The van der Waals surface area contributed by atoms with Crippen LogP contribution in [0.4, 0.5) is 9.93 Å². The van der Waals surface area contributed by atoms with E-state index in [1.165, 1.54) is 22.0 Å². The summed E-state index contributed by atoms with van der Waals surface area (Å²) in [5, 5.41) is 22.0. The van der Waals surface area contributed by atoms with Crippen molar-refractivity contribution in [3.8, 4) is 0 Å². The smallest absolute Gasteiger partial charge is 0.413 e. The lowest BCUT2D eigenvalue weighted by Crippen LogP contribution is -2.74. The summed E-state index contributed by atoms with van der Waals surface area (Å²) in [4.78, 5) is 55.3. The lowest BCUT2D eigenvalue weighted by Gasteiger charge is -2.50. The Hall–Kier alpha value is -7.32. The number of hydrogen-bond acceptors (Lipinski definition) is 14. The first kappa shape index (κ1) is 48.7. The number of thioether (sulfide) groups is 1. The van der Waals surface area contributed by atoms with Gasteiger partial charge in [-0.15, -0.1) is 16.4 Å². The number of hydrogen-bond donors (Lipinski definition) is 3. The molecule has 2 aliphatic rings. The number of benzene rings is 5. The van der Waals surface area contributed by atoms with E-state index in [9.17, 15) is 18.6 Å². The first-order valence-corrected chi connectivity index (χ1v) is 26.0. The van der Waals surface area contributed by atoms with Gasteiger partial charge in [0.15, 0.2) is 10.8 Å². The number of thiazole rings is 1. The molecule has 9 rings (SSSR count). The molecule has 0 bridgehead atoms. The van der Waals surface area contributed by atoms with E-state index in [0.717, 1.165) is 22.5 Å². The molecular formula is C52H46N8O7S4. The molecule has 4 heterocycles. The highest BCUT2D eigenvalue weighted by Gasteiger charge is 2.57. The minimum atomic E-state index is -1.74. The Balaban J connectivity index is 1.08. The summed E-state index contributed by atoms with van der Waals surface area (Å²) in [6.45, 7) is 5.20. The van der Waals surface area contributed by atoms with Crippen molar-refractivity contribution in [1.29, 1.82) is 0 Å². The molecule has 0 spiro atoms. The highest BCUT2D eigenvalue weighted by molar-refractivity contribution is 7.99. The largest absolute Gasteiger partial charge is 0.469 e. The van der Waals surface area contributed by atoms with Gasteiger partial charge >= 0.3 is 6.09 Å². The van der Waals surface area contributed by atoms with Crippen LogP contribution in [-0.4, -0.2) is 86.7 Å². The Morgan fingerprint density at radius 1 is 0.873 bits per heavy atom. The number of H-pyrrole nitrogens is 1. The number of fused-ring (bicyclic) bond motifs is 1. The van der Waals surface area contributed by atoms with Crippen LogP contribution in [0.15, 0.2) is 185 Å². The van der Waals surface area contributed by atoms with Crippen LogP contribution < -0.4 is 10.6 Å². The van der Waals surface area contributed by atoms with Crippen LogP contribution in [-0.2, 0) is 40.3 Å². The highest BCUT2D eigenvalue weighted by atomic mass is 32.2. The van der Waals surface area contributed by atoms with Crippen LogP contribution in [0.25, 0.3) is 0 Å². The molecule has 2 aromatic heterocycles. The fourth-order valence-electron chi connectivity index (χ4n) is 8.16. The number of nitrogens with zero attached hydrogens (tertiary/aromatic N) is 5. The van der Waals surface area contributed by atoms with Crippen LogP contribution in [0.3, 0.4) is 0 Å². The van der Waals surface area contributed by atoms with E-state index in [0.29, 0.717) is 33.0 Å².